The molecule has 24 heavy (non-hydrogen) atoms. The van der Waals surface area contributed by atoms with Crippen molar-refractivity contribution in [1.82, 2.24) is 4.98 Å². The average Bonchev–Trinajstić information content (AvgIpc) is 2.57. The Morgan fingerprint density at radius 3 is 2.67 bits per heavy atom. The molecule has 0 saturated carbocycles. The van der Waals surface area contributed by atoms with Crippen LogP contribution in [0.5, 0.6) is 5.75 Å². The van der Waals surface area contributed by atoms with Gasteiger partial charge in [-0.2, -0.15) is 0 Å². The van der Waals surface area contributed by atoms with Gasteiger partial charge in [0.2, 0.25) is 0 Å². The van der Waals surface area contributed by atoms with Gasteiger partial charge in [0, 0.05) is 16.8 Å². The van der Waals surface area contributed by atoms with Crippen LogP contribution in [0.3, 0.4) is 0 Å². The monoisotopic (exact) mass is 320 g/mol. The fourth-order valence-corrected chi connectivity index (χ4v) is 2.55. The molecule has 1 N–H and O–H groups in total. The van der Waals surface area contributed by atoms with Crippen molar-refractivity contribution < 1.29 is 9.53 Å². The summed E-state index contributed by atoms with van der Waals surface area (Å²) in [5, 5.41) is 3.89. The van der Waals surface area contributed by atoms with Crippen LogP contribution < -0.4 is 10.1 Å². The summed E-state index contributed by atoms with van der Waals surface area (Å²) in [4.78, 5) is 16.7. The third-order valence-corrected chi connectivity index (χ3v) is 4.06. The molecule has 4 heteroatoms. The molecule has 0 aliphatic rings. The number of pyridine rings is 1. The maximum Gasteiger partial charge on any atom is 0.262 e. The molecule has 0 bridgehead atoms. The highest BCUT2D eigenvalue weighted by molar-refractivity contribution is 5.93. The van der Waals surface area contributed by atoms with Crippen molar-refractivity contribution in [2.24, 2.45) is 0 Å². The summed E-state index contributed by atoms with van der Waals surface area (Å²) in [5.41, 5.74) is 4.71. The van der Waals surface area contributed by atoms with Crippen LogP contribution in [0.15, 0.2) is 48.5 Å². The number of carbonyl (C=O) groups excluding carboxylic acids is 1. The van der Waals surface area contributed by atoms with E-state index in [1.54, 1.807) is 0 Å². The van der Waals surface area contributed by atoms with E-state index in [1.807, 2.05) is 69.3 Å². The van der Waals surface area contributed by atoms with Crippen LogP contribution in [0.1, 0.15) is 16.8 Å². The number of nitrogens with one attached hydrogen (secondary N) is 1. The summed E-state index contributed by atoms with van der Waals surface area (Å²) in [6.45, 7) is 5.89. The predicted molar refractivity (Wildman–Crippen MR) is 96.5 cm³/mol. The largest absolute Gasteiger partial charge is 0.481 e. The van der Waals surface area contributed by atoms with Crippen LogP contribution in [-0.4, -0.2) is 17.5 Å². The lowest BCUT2D eigenvalue weighted by molar-refractivity contribution is -0.118. The molecular weight excluding hydrogens is 300 g/mol. The van der Waals surface area contributed by atoms with Gasteiger partial charge in [0.15, 0.2) is 6.61 Å². The van der Waals surface area contributed by atoms with Gasteiger partial charge >= 0.3 is 0 Å². The van der Waals surface area contributed by atoms with Gasteiger partial charge in [-0.3, -0.25) is 4.79 Å². The third-order valence-electron chi connectivity index (χ3n) is 4.06. The lowest BCUT2D eigenvalue weighted by Crippen LogP contribution is -2.21. The van der Waals surface area contributed by atoms with Crippen LogP contribution in [0.4, 0.5) is 5.69 Å². The van der Waals surface area contributed by atoms with Gasteiger partial charge in [-0.1, -0.05) is 30.3 Å². The van der Waals surface area contributed by atoms with Gasteiger partial charge < -0.3 is 10.1 Å². The summed E-state index contributed by atoms with van der Waals surface area (Å²) in [6.07, 6.45) is 0. The number of carbonyl (C=O) groups is 1. The summed E-state index contributed by atoms with van der Waals surface area (Å²) >= 11 is 0. The number of benzene rings is 2. The lowest BCUT2D eigenvalue weighted by atomic mass is 10.1. The molecule has 0 radical (unpaired) electrons. The predicted octanol–water partition coefficient (Wildman–Crippen LogP) is 4.18. The number of aromatic nitrogens is 1. The van der Waals surface area contributed by atoms with E-state index in [-0.39, 0.29) is 12.5 Å². The van der Waals surface area contributed by atoms with Crippen molar-refractivity contribution in [2.75, 3.05) is 11.9 Å². The minimum absolute atomic E-state index is 0.0535. The Kier molecular flexibility index (Phi) is 4.47. The first kappa shape index (κ1) is 16.0. The van der Waals surface area contributed by atoms with E-state index in [2.05, 4.69) is 10.3 Å². The van der Waals surface area contributed by atoms with E-state index in [0.717, 1.165) is 33.4 Å². The maximum atomic E-state index is 12.2. The number of para-hydroxylation sites is 1. The zero-order valence-corrected chi connectivity index (χ0v) is 14.1. The quantitative estimate of drug-likeness (QED) is 0.784. The molecule has 0 atom stereocenters. The zero-order valence-electron chi connectivity index (χ0n) is 14.1. The van der Waals surface area contributed by atoms with Crippen molar-refractivity contribution in [1.29, 1.82) is 0 Å². The molecule has 1 aromatic heterocycles. The van der Waals surface area contributed by atoms with Crippen molar-refractivity contribution in [2.45, 2.75) is 20.8 Å². The molecule has 0 aliphatic carbocycles. The van der Waals surface area contributed by atoms with Gasteiger partial charge in [-0.25, -0.2) is 4.98 Å². The molecule has 1 amide bonds. The van der Waals surface area contributed by atoms with Crippen LogP contribution in [0.25, 0.3) is 10.9 Å². The first-order valence-electron chi connectivity index (χ1n) is 7.90. The number of nitrogens with zero attached hydrogens (tertiary/aromatic N) is 1. The van der Waals surface area contributed by atoms with E-state index in [9.17, 15) is 4.79 Å². The molecule has 1 heterocycles. The maximum absolute atomic E-state index is 12.2. The van der Waals surface area contributed by atoms with Gasteiger partial charge in [0.05, 0.1) is 0 Å². The Labute approximate surface area is 141 Å². The number of amides is 1. The number of hydrogen-bond donors (Lipinski definition) is 1. The molecule has 0 unspecified atom stereocenters. The number of anilines is 1. The minimum Gasteiger partial charge on any atom is -0.481 e. The molecule has 4 nitrogen and oxygen atoms in total. The summed E-state index contributed by atoms with van der Waals surface area (Å²) in [7, 11) is 0. The zero-order chi connectivity index (χ0) is 17.1. The molecule has 3 aromatic rings. The van der Waals surface area contributed by atoms with Crippen molar-refractivity contribution >= 4 is 22.5 Å². The smallest absolute Gasteiger partial charge is 0.262 e. The van der Waals surface area contributed by atoms with E-state index < -0.39 is 0 Å². The molecule has 3 rings (SSSR count). The second-order valence-corrected chi connectivity index (χ2v) is 5.86. The van der Waals surface area contributed by atoms with Crippen LogP contribution in [0.2, 0.25) is 0 Å². The highest BCUT2D eigenvalue weighted by atomic mass is 16.5. The molecule has 2 aromatic carbocycles. The first-order valence-corrected chi connectivity index (χ1v) is 7.90. The van der Waals surface area contributed by atoms with Crippen LogP contribution >= 0.6 is 0 Å². The van der Waals surface area contributed by atoms with Gasteiger partial charge in [0.25, 0.3) is 5.91 Å². The van der Waals surface area contributed by atoms with Crippen molar-refractivity contribution in [3.63, 3.8) is 0 Å². The molecule has 0 fully saturated rings. The molecular formula is C20H20N2O2. The van der Waals surface area contributed by atoms with Gasteiger partial charge in [-0.05, 0) is 50.1 Å². The van der Waals surface area contributed by atoms with E-state index in [0.29, 0.717) is 5.75 Å². The fourth-order valence-electron chi connectivity index (χ4n) is 2.55. The minimum atomic E-state index is -0.187. The van der Waals surface area contributed by atoms with Crippen molar-refractivity contribution in [3.8, 4) is 5.75 Å². The van der Waals surface area contributed by atoms with Crippen LogP contribution in [0, 0.1) is 20.8 Å². The Bertz CT molecular complexity index is 903. The number of ether oxygens (including phenoxy) is 1. The lowest BCUT2D eigenvalue weighted by Gasteiger charge is -2.12. The standard InChI is InChI=1S/C20H20N2O2/c1-13-6-4-8-17(15(13)3)22-19(23)12-24-18-9-5-7-16-11-10-14(2)21-20(16)18/h4-11H,12H2,1-3H3,(H,22,23). The Balaban J connectivity index is 1.73. The Morgan fingerprint density at radius 2 is 1.83 bits per heavy atom. The van der Waals surface area contributed by atoms with Gasteiger partial charge in [0.1, 0.15) is 11.3 Å². The van der Waals surface area contributed by atoms with E-state index in [4.69, 9.17) is 4.74 Å². The Hall–Kier alpha value is -2.88. The number of fused-ring (bicyclic) bond motifs is 1. The highest BCUT2D eigenvalue weighted by Gasteiger charge is 2.09. The number of hydrogen-bond acceptors (Lipinski definition) is 3. The SMILES string of the molecule is Cc1ccc2cccc(OCC(=O)Nc3cccc(C)c3C)c2n1. The Morgan fingerprint density at radius 1 is 1.04 bits per heavy atom. The highest BCUT2D eigenvalue weighted by Crippen LogP contribution is 2.24. The second-order valence-electron chi connectivity index (χ2n) is 5.86. The topological polar surface area (TPSA) is 51.2 Å². The number of rotatable bonds is 4. The molecule has 0 saturated heterocycles. The number of aryl methyl sites for hydroxylation is 2. The van der Waals surface area contributed by atoms with E-state index in [1.165, 1.54) is 0 Å². The van der Waals surface area contributed by atoms with Gasteiger partial charge in [-0.15, -0.1) is 0 Å². The molecule has 0 aliphatic heterocycles. The summed E-state index contributed by atoms with van der Waals surface area (Å²) < 4.78 is 5.70. The summed E-state index contributed by atoms with van der Waals surface area (Å²) in [6, 6.07) is 15.5. The first-order chi connectivity index (χ1) is 11.5. The third kappa shape index (κ3) is 3.38. The average molecular weight is 320 g/mol. The molecule has 0 spiro atoms. The fraction of sp³-hybridized carbons (Fsp3) is 0.200. The summed E-state index contributed by atoms with van der Waals surface area (Å²) in [5.74, 6) is 0.431. The van der Waals surface area contributed by atoms with Crippen molar-refractivity contribution in [3.05, 3.63) is 65.4 Å². The second kappa shape index (κ2) is 6.71. The normalized spacial score (nSPS) is 10.6. The van der Waals surface area contributed by atoms with E-state index >= 15 is 0 Å². The van der Waals surface area contributed by atoms with Crippen LogP contribution in [-0.2, 0) is 4.79 Å². The molecule has 122 valence electrons.